The summed E-state index contributed by atoms with van der Waals surface area (Å²) in [4.78, 5) is 14.1. The highest BCUT2D eigenvalue weighted by Gasteiger charge is 2.26. The zero-order valence-corrected chi connectivity index (χ0v) is 13.5. The molecule has 2 rings (SSSR count). The van der Waals surface area contributed by atoms with E-state index in [1.807, 2.05) is 11.8 Å². The third kappa shape index (κ3) is 4.50. The van der Waals surface area contributed by atoms with Crippen molar-refractivity contribution in [2.24, 2.45) is 5.73 Å². The minimum atomic E-state index is 0.106. The Morgan fingerprint density at radius 1 is 1.43 bits per heavy atom. The van der Waals surface area contributed by atoms with E-state index in [4.69, 9.17) is 33.7 Å². The number of amides is 1. The van der Waals surface area contributed by atoms with E-state index in [9.17, 15) is 4.79 Å². The monoisotopic (exact) mass is 330 g/mol. The number of hydrogen-bond donors (Lipinski definition) is 1. The van der Waals surface area contributed by atoms with Crippen molar-refractivity contribution < 1.29 is 9.53 Å². The maximum absolute atomic E-state index is 12.2. The molecule has 0 radical (unpaired) electrons. The molecule has 0 spiro atoms. The molecule has 0 aromatic heterocycles. The molecule has 0 aliphatic carbocycles. The Morgan fingerprint density at radius 2 is 2.19 bits per heavy atom. The fourth-order valence-corrected chi connectivity index (χ4v) is 2.83. The largest absolute Gasteiger partial charge is 0.493 e. The normalized spacial score (nSPS) is 22.2. The van der Waals surface area contributed by atoms with E-state index in [1.165, 1.54) is 0 Å². The first kappa shape index (κ1) is 16.4. The molecular weight excluding hydrogens is 311 g/mol. The summed E-state index contributed by atoms with van der Waals surface area (Å²) < 4.78 is 5.54. The van der Waals surface area contributed by atoms with Gasteiger partial charge in [0.2, 0.25) is 5.91 Å². The SMILES string of the molecule is C[C@H]1C[C@@H](N)CCN1C(=O)CCOc1ccc(Cl)c(Cl)c1. The Morgan fingerprint density at radius 3 is 2.86 bits per heavy atom. The number of halogens is 2. The van der Waals surface area contributed by atoms with Gasteiger partial charge in [-0.15, -0.1) is 0 Å². The first-order valence-corrected chi connectivity index (χ1v) is 7.86. The van der Waals surface area contributed by atoms with Crippen molar-refractivity contribution in [2.45, 2.75) is 38.3 Å². The topological polar surface area (TPSA) is 55.6 Å². The fourth-order valence-electron chi connectivity index (χ4n) is 2.55. The van der Waals surface area contributed by atoms with Crippen LogP contribution in [0.5, 0.6) is 5.75 Å². The van der Waals surface area contributed by atoms with Gasteiger partial charge in [-0.05, 0) is 31.9 Å². The molecule has 4 nitrogen and oxygen atoms in total. The van der Waals surface area contributed by atoms with E-state index in [1.54, 1.807) is 18.2 Å². The van der Waals surface area contributed by atoms with E-state index in [-0.39, 0.29) is 18.0 Å². The number of likely N-dealkylation sites (tertiary alicyclic amines) is 1. The summed E-state index contributed by atoms with van der Waals surface area (Å²) in [5.41, 5.74) is 5.90. The lowest BCUT2D eigenvalue weighted by molar-refractivity contribution is -0.135. The summed E-state index contributed by atoms with van der Waals surface area (Å²) in [6, 6.07) is 5.47. The molecule has 1 aliphatic rings. The number of piperidine rings is 1. The predicted octanol–water partition coefficient (Wildman–Crippen LogP) is 3.10. The van der Waals surface area contributed by atoms with Crippen LogP contribution in [0, 0.1) is 0 Å². The van der Waals surface area contributed by atoms with Gasteiger partial charge in [-0.2, -0.15) is 0 Å². The number of ether oxygens (including phenoxy) is 1. The van der Waals surface area contributed by atoms with Gasteiger partial charge in [0.05, 0.1) is 23.1 Å². The van der Waals surface area contributed by atoms with Crippen LogP contribution in [0.4, 0.5) is 0 Å². The van der Waals surface area contributed by atoms with Crippen LogP contribution in [-0.2, 0) is 4.79 Å². The van der Waals surface area contributed by atoms with Gasteiger partial charge in [0.25, 0.3) is 0 Å². The minimum absolute atomic E-state index is 0.106. The van der Waals surface area contributed by atoms with Crippen molar-refractivity contribution in [1.29, 1.82) is 0 Å². The number of rotatable bonds is 4. The summed E-state index contributed by atoms with van der Waals surface area (Å²) in [5.74, 6) is 0.723. The number of nitrogens with zero attached hydrogens (tertiary/aromatic N) is 1. The smallest absolute Gasteiger partial charge is 0.226 e. The summed E-state index contributed by atoms with van der Waals surface area (Å²) in [6.45, 7) is 3.09. The van der Waals surface area contributed by atoms with Gasteiger partial charge in [-0.3, -0.25) is 4.79 Å². The molecule has 1 heterocycles. The van der Waals surface area contributed by atoms with Crippen LogP contribution in [0.15, 0.2) is 18.2 Å². The number of carbonyl (C=O) groups is 1. The van der Waals surface area contributed by atoms with E-state index in [0.29, 0.717) is 28.8 Å². The lowest BCUT2D eigenvalue weighted by atomic mass is 9.99. The fraction of sp³-hybridized carbons (Fsp3) is 0.533. The second kappa shape index (κ2) is 7.34. The summed E-state index contributed by atoms with van der Waals surface area (Å²) in [7, 11) is 0. The van der Waals surface area contributed by atoms with Gasteiger partial charge >= 0.3 is 0 Å². The second-order valence-corrected chi connectivity index (χ2v) is 6.21. The van der Waals surface area contributed by atoms with Crippen molar-refractivity contribution in [3.8, 4) is 5.75 Å². The zero-order valence-electron chi connectivity index (χ0n) is 12.0. The average Bonchev–Trinajstić information content (AvgIpc) is 2.42. The van der Waals surface area contributed by atoms with Crippen LogP contribution in [0.25, 0.3) is 0 Å². The number of carbonyl (C=O) groups excluding carboxylic acids is 1. The molecule has 116 valence electrons. The lowest BCUT2D eigenvalue weighted by Gasteiger charge is -2.36. The molecule has 1 aliphatic heterocycles. The van der Waals surface area contributed by atoms with Crippen molar-refractivity contribution in [3.63, 3.8) is 0 Å². The minimum Gasteiger partial charge on any atom is -0.493 e. The molecule has 1 fully saturated rings. The average molecular weight is 331 g/mol. The second-order valence-electron chi connectivity index (χ2n) is 5.39. The van der Waals surface area contributed by atoms with Gasteiger partial charge < -0.3 is 15.4 Å². The summed E-state index contributed by atoms with van der Waals surface area (Å²) >= 11 is 11.7. The molecule has 1 aromatic rings. The van der Waals surface area contributed by atoms with E-state index >= 15 is 0 Å². The molecule has 1 amide bonds. The first-order chi connectivity index (χ1) is 9.97. The van der Waals surface area contributed by atoms with Crippen LogP contribution in [0.2, 0.25) is 10.0 Å². The summed E-state index contributed by atoms with van der Waals surface area (Å²) in [5, 5.41) is 0.928. The third-order valence-electron chi connectivity index (χ3n) is 3.71. The Labute approximate surface area is 135 Å². The molecule has 21 heavy (non-hydrogen) atoms. The van der Waals surface area contributed by atoms with Crippen molar-refractivity contribution in [3.05, 3.63) is 28.2 Å². The van der Waals surface area contributed by atoms with Crippen molar-refractivity contribution >= 4 is 29.1 Å². The van der Waals surface area contributed by atoms with E-state index in [2.05, 4.69) is 0 Å². The molecule has 1 aromatic carbocycles. The highest BCUT2D eigenvalue weighted by Crippen LogP contribution is 2.26. The third-order valence-corrected chi connectivity index (χ3v) is 4.45. The van der Waals surface area contributed by atoms with Crippen LogP contribution >= 0.6 is 23.2 Å². The number of nitrogens with two attached hydrogens (primary N) is 1. The van der Waals surface area contributed by atoms with Crippen LogP contribution in [0.3, 0.4) is 0 Å². The molecular formula is C15H20Cl2N2O2. The molecule has 0 saturated carbocycles. The zero-order chi connectivity index (χ0) is 15.4. The standard InChI is InChI=1S/C15H20Cl2N2O2/c1-10-8-11(18)4-6-19(10)15(20)5-7-21-12-2-3-13(16)14(17)9-12/h2-3,9-11H,4-8,18H2,1H3/t10-,11-/m0/s1. The molecule has 0 bridgehead atoms. The van der Waals surface area contributed by atoms with Gasteiger partial charge in [-0.1, -0.05) is 23.2 Å². The van der Waals surface area contributed by atoms with Crippen molar-refractivity contribution in [2.75, 3.05) is 13.2 Å². The van der Waals surface area contributed by atoms with Gasteiger partial charge in [0.15, 0.2) is 0 Å². The van der Waals surface area contributed by atoms with E-state index < -0.39 is 0 Å². The Balaban J connectivity index is 1.80. The van der Waals surface area contributed by atoms with Gasteiger partial charge in [-0.25, -0.2) is 0 Å². The molecule has 1 saturated heterocycles. The Hall–Kier alpha value is -0.970. The highest BCUT2D eigenvalue weighted by molar-refractivity contribution is 6.42. The maximum Gasteiger partial charge on any atom is 0.226 e. The highest BCUT2D eigenvalue weighted by atomic mass is 35.5. The maximum atomic E-state index is 12.2. The number of hydrogen-bond acceptors (Lipinski definition) is 3. The van der Waals surface area contributed by atoms with Gasteiger partial charge in [0.1, 0.15) is 5.75 Å². The van der Waals surface area contributed by atoms with Crippen LogP contribution in [-0.4, -0.2) is 36.0 Å². The molecule has 0 unspecified atom stereocenters. The number of benzene rings is 1. The lowest BCUT2D eigenvalue weighted by Crippen LogP contribution is -2.48. The Kier molecular flexibility index (Phi) is 5.73. The Bertz CT molecular complexity index is 510. The summed E-state index contributed by atoms with van der Waals surface area (Å²) in [6.07, 6.45) is 2.07. The molecule has 2 N–H and O–H groups in total. The van der Waals surface area contributed by atoms with Crippen LogP contribution < -0.4 is 10.5 Å². The molecule has 2 atom stereocenters. The van der Waals surface area contributed by atoms with E-state index in [0.717, 1.165) is 19.4 Å². The molecule has 6 heteroatoms. The quantitative estimate of drug-likeness (QED) is 0.922. The van der Waals surface area contributed by atoms with Crippen molar-refractivity contribution in [1.82, 2.24) is 4.90 Å². The van der Waals surface area contributed by atoms with Gasteiger partial charge in [0, 0.05) is 24.7 Å². The first-order valence-electron chi connectivity index (χ1n) is 7.10. The predicted molar refractivity (Wildman–Crippen MR) is 85.0 cm³/mol. The van der Waals surface area contributed by atoms with Crippen LogP contribution in [0.1, 0.15) is 26.2 Å².